The van der Waals surface area contributed by atoms with E-state index >= 15 is 0 Å². The van der Waals surface area contributed by atoms with Crippen LogP contribution in [-0.4, -0.2) is 13.2 Å². The van der Waals surface area contributed by atoms with Crippen LogP contribution in [0.5, 0.6) is 5.75 Å². The monoisotopic (exact) mass is 269 g/mol. The lowest BCUT2D eigenvalue weighted by molar-refractivity contribution is -0.0507. The van der Waals surface area contributed by atoms with Gasteiger partial charge in [0.15, 0.2) is 0 Å². The predicted molar refractivity (Wildman–Crippen MR) is 73.5 cm³/mol. The normalized spacial score (nSPS) is 12.4. The largest absolute Gasteiger partial charge is 0.434 e. The molecule has 0 fully saturated rings. The summed E-state index contributed by atoms with van der Waals surface area (Å²) in [5.41, 5.74) is 0.776. The molecule has 0 radical (unpaired) electrons. The fourth-order valence-electron chi connectivity index (χ4n) is 1.94. The highest BCUT2D eigenvalue weighted by Gasteiger charge is 2.16. The van der Waals surface area contributed by atoms with E-state index in [9.17, 15) is 8.78 Å². The number of allylic oxidation sites excluding steroid dienone is 1. The molecular formula is C15H21F2NO. The summed E-state index contributed by atoms with van der Waals surface area (Å²) < 4.78 is 29.4. The number of benzene rings is 1. The number of hydrogen-bond donors (Lipinski definition) is 1. The summed E-state index contributed by atoms with van der Waals surface area (Å²) in [4.78, 5) is 0. The van der Waals surface area contributed by atoms with Gasteiger partial charge >= 0.3 is 6.61 Å². The van der Waals surface area contributed by atoms with Gasteiger partial charge in [-0.05, 0) is 31.9 Å². The average molecular weight is 269 g/mol. The molecule has 106 valence electrons. The minimum absolute atomic E-state index is 0.00731. The zero-order valence-electron chi connectivity index (χ0n) is 11.2. The lowest BCUT2D eigenvalue weighted by Gasteiger charge is -2.21. The maximum absolute atomic E-state index is 12.4. The van der Waals surface area contributed by atoms with Crippen molar-refractivity contribution in [2.45, 2.75) is 38.8 Å². The van der Waals surface area contributed by atoms with E-state index in [0.717, 1.165) is 31.4 Å². The summed E-state index contributed by atoms with van der Waals surface area (Å²) in [5.74, 6) is 0.246. The minimum Gasteiger partial charge on any atom is -0.434 e. The molecule has 0 aliphatic carbocycles. The van der Waals surface area contributed by atoms with Gasteiger partial charge < -0.3 is 10.1 Å². The van der Waals surface area contributed by atoms with Crippen LogP contribution in [0, 0.1) is 0 Å². The van der Waals surface area contributed by atoms with Crippen molar-refractivity contribution in [3.63, 3.8) is 0 Å². The van der Waals surface area contributed by atoms with Crippen LogP contribution in [0.3, 0.4) is 0 Å². The van der Waals surface area contributed by atoms with E-state index in [1.165, 1.54) is 0 Å². The van der Waals surface area contributed by atoms with E-state index in [2.05, 4.69) is 23.6 Å². The van der Waals surface area contributed by atoms with Crippen molar-refractivity contribution in [1.29, 1.82) is 0 Å². The standard InChI is InChI=1S/C15H21F2NO/c1-3-5-9-13(18-11-4-2)12-8-6-7-10-14(12)19-15(16)17/h3,6-8,10,13,15,18H,1,4-5,9,11H2,2H3. The molecule has 1 N–H and O–H groups in total. The summed E-state index contributed by atoms with van der Waals surface area (Å²) in [7, 11) is 0. The number of nitrogens with one attached hydrogen (secondary N) is 1. The van der Waals surface area contributed by atoms with E-state index in [0.29, 0.717) is 0 Å². The van der Waals surface area contributed by atoms with Crippen LogP contribution in [0.15, 0.2) is 36.9 Å². The van der Waals surface area contributed by atoms with Crippen molar-refractivity contribution in [2.75, 3.05) is 6.54 Å². The molecule has 19 heavy (non-hydrogen) atoms. The van der Waals surface area contributed by atoms with Gasteiger partial charge in [0.05, 0.1) is 0 Å². The molecule has 0 saturated heterocycles. The molecule has 0 saturated carbocycles. The van der Waals surface area contributed by atoms with Gasteiger partial charge in [-0.25, -0.2) is 0 Å². The molecule has 1 atom stereocenters. The summed E-state index contributed by atoms with van der Waals surface area (Å²) in [6, 6.07) is 6.95. The first-order chi connectivity index (χ1) is 9.19. The van der Waals surface area contributed by atoms with Gasteiger partial charge in [-0.1, -0.05) is 31.2 Å². The molecule has 0 spiro atoms. The third-order valence-corrected chi connectivity index (χ3v) is 2.81. The molecule has 0 heterocycles. The molecule has 0 aliphatic rings. The maximum Gasteiger partial charge on any atom is 0.387 e. The predicted octanol–water partition coefficient (Wildman–Crippen LogP) is 4.29. The van der Waals surface area contributed by atoms with Crippen LogP contribution in [-0.2, 0) is 0 Å². The van der Waals surface area contributed by atoms with Gasteiger partial charge in [0.25, 0.3) is 0 Å². The van der Waals surface area contributed by atoms with Crippen molar-refractivity contribution < 1.29 is 13.5 Å². The maximum atomic E-state index is 12.4. The van der Waals surface area contributed by atoms with Crippen LogP contribution in [0.4, 0.5) is 8.78 Å². The van der Waals surface area contributed by atoms with Crippen molar-refractivity contribution in [1.82, 2.24) is 5.32 Å². The quantitative estimate of drug-likeness (QED) is 0.675. The van der Waals surface area contributed by atoms with Gasteiger partial charge in [0.1, 0.15) is 5.75 Å². The Kier molecular flexibility index (Phi) is 7.11. The fraction of sp³-hybridized carbons (Fsp3) is 0.467. The third kappa shape index (κ3) is 5.39. The average Bonchev–Trinajstić information content (AvgIpc) is 2.39. The Labute approximate surface area is 113 Å². The molecule has 1 unspecified atom stereocenters. The van der Waals surface area contributed by atoms with Crippen LogP contribution in [0.25, 0.3) is 0 Å². The summed E-state index contributed by atoms with van der Waals surface area (Å²) in [5, 5.41) is 3.36. The zero-order valence-corrected chi connectivity index (χ0v) is 11.2. The first kappa shape index (κ1) is 15.6. The Morgan fingerprint density at radius 2 is 2.11 bits per heavy atom. The lowest BCUT2D eigenvalue weighted by Crippen LogP contribution is -2.23. The minimum atomic E-state index is -2.80. The highest BCUT2D eigenvalue weighted by atomic mass is 19.3. The number of rotatable bonds is 9. The van der Waals surface area contributed by atoms with Crippen molar-refractivity contribution in [3.05, 3.63) is 42.5 Å². The van der Waals surface area contributed by atoms with Crippen LogP contribution >= 0.6 is 0 Å². The lowest BCUT2D eigenvalue weighted by atomic mass is 10.0. The van der Waals surface area contributed by atoms with Gasteiger partial charge in [0.2, 0.25) is 0 Å². The molecule has 1 aromatic rings. The Morgan fingerprint density at radius 1 is 1.37 bits per heavy atom. The Hall–Kier alpha value is -1.42. The first-order valence-corrected chi connectivity index (χ1v) is 6.57. The topological polar surface area (TPSA) is 21.3 Å². The zero-order chi connectivity index (χ0) is 14.1. The first-order valence-electron chi connectivity index (χ1n) is 6.57. The summed E-state index contributed by atoms with van der Waals surface area (Å²) >= 11 is 0. The van der Waals surface area contributed by atoms with Crippen LogP contribution < -0.4 is 10.1 Å². The number of hydrogen-bond acceptors (Lipinski definition) is 2. The molecule has 4 heteroatoms. The van der Waals surface area contributed by atoms with E-state index in [1.54, 1.807) is 12.1 Å². The van der Waals surface area contributed by atoms with E-state index in [1.807, 2.05) is 18.2 Å². The highest BCUT2D eigenvalue weighted by Crippen LogP contribution is 2.29. The summed E-state index contributed by atoms with van der Waals surface area (Å²) in [6.45, 7) is 3.81. The van der Waals surface area contributed by atoms with Crippen molar-refractivity contribution >= 4 is 0 Å². The number of ether oxygens (including phenoxy) is 1. The Balaban J connectivity index is 2.88. The van der Waals surface area contributed by atoms with E-state index in [-0.39, 0.29) is 11.8 Å². The SMILES string of the molecule is C=CCCC(NCCC)c1ccccc1OC(F)F. The molecular weight excluding hydrogens is 248 g/mol. The van der Waals surface area contributed by atoms with Crippen molar-refractivity contribution in [2.24, 2.45) is 0 Å². The van der Waals surface area contributed by atoms with Gasteiger partial charge in [-0.3, -0.25) is 0 Å². The molecule has 0 aliphatic heterocycles. The van der Waals surface area contributed by atoms with Gasteiger partial charge in [-0.2, -0.15) is 8.78 Å². The van der Waals surface area contributed by atoms with E-state index < -0.39 is 6.61 Å². The number of halogens is 2. The molecule has 2 nitrogen and oxygen atoms in total. The highest BCUT2D eigenvalue weighted by molar-refractivity contribution is 5.36. The molecule has 1 rings (SSSR count). The summed E-state index contributed by atoms with van der Waals surface area (Å²) in [6.07, 6.45) is 4.46. The molecule has 0 amide bonds. The Bertz CT molecular complexity index is 382. The second-order valence-corrected chi connectivity index (χ2v) is 4.29. The second-order valence-electron chi connectivity index (χ2n) is 4.29. The fourth-order valence-corrected chi connectivity index (χ4v) is 1.94. The second kappa shape index (κ2) is 8.64. The van der Waals surface area contributed by atoms with Crippen LogP contribution in [0.2, 0.25) is 0 Å². The Morgan fingerprint density at radius 3 is 2.74 bits per heavy atom. The van der Waals surface area contributed by atoms with Gasteiger partial charge in [-0.15, -0.1) is 6.58 Å². The van der Waals surface area contributed by atoms with E-state index in [4.69, 9.17) is 0 Å². The molecule has 1 aromatic carbocycles. The smallest absolute Gasteiger partial charge is 0.387 e. The number of alkyl halides is 2. The number of para-hydroxylation sites is 1. The molecule has 0 aromatic heterocycles. The molecule has 0 bridgehead atoms. The van der Waals surface area contributed by atoms with Gasteiger partial charge in [0, 0.05) is 11.6 Å². The third-order valence-electron chi connectivity index (χ3n) is 2.81. The van der Waals surface area contributed by atoms with Crippen LogP contribution in [0.1, 0.15) is 37.8 Å². The van der Waals surface area contributed by atoms with Crippen molar-refractivity contribution in [3.8, 4) is 5.75 Å².